The van der Waals surface area contributed by atoms with Gasteiger partial charge in [-0.3, -0.25) is 4.79 Å². The molecule has 0 atom stereocenters. The SMILES string of the molecule is C=C(C)CN(CC)C(=O)Nc1cccc(CC(=O)O)c1. The molecule has 1 aromatic rings. The van der Waals surface area contributed by atoms with Gasteiger partial charge in [-0.1, -0.05) is 24.3 Å². The molecule has 0 saturated carbocycles. The molecular weight excluding hydrogens is 256 g/mol. The molecule has 0 bridgehead atoms. The Hall–Kier alpha value is -2.30. The minimum Gasteiger partial charge on any atom is -0.481 e. The number of carbonyl (C=O) groups excluding carboxylic acids is 1. The standard InChI is InChI=1S/C15H20N2O3/c1-4-17(10-11(2)3)15(20)16-13-7-5-6-12(8-13)9-14(18)19/h5-8H,2,4,9-10H2,1,3H3,(H,16,20)(H,18,19). The molecule has 0 aliphatic carbocycles. The maximum Gasteiger partial charge on any atom is 0.322 e. The van der Waals surface area contributed by atoms with Crippen LogP contribution in [0.25, 0.3) is 0 Å². The Labute approximate surface area is 118 Å². The fourth-order valence-corrected chi connectivity index (χ4v) is 1.79. The molecule has 0 heterocycles. The third-order valence-electron chi connectivity index (χ3n) is 2.66. The number of amides is 2. The third-order valence-corrected chi connectivity index (χ3v) is 2.66. The molecule has 0 aliphatic heterocycles. The van der Waals surface area contributed by atoms with Crippen molar-refractivity contribution in [1.29, 1.82) is 0 Å². The number of hydrogen-bond acceptors (Lipinski definition) is 2. The lowest BCUT2D eigenvalue weighted by Gasteiger charge is -2.21. The van der Waals surface area contributed by atoms with Gasteiger partial charge in [0, 0.05) is 18.8 Å². The van der Waals surface area contributed by atoms with E-state index in [1.807, 2.05) is 13.8 Å². The van der Waals surface area contributed by atoms with Crippen molar-refractivity contribution in [3.8, 4) is 0 Å². The summed E-state index contributed by atoms with van der Waals surface area (Å²) in [5, 5.41) is 11.5. The van der Waals surface area contributed by atoms with E-state index in [0.717, 1.165) is 5.57 Å². The fourth-order valence-electron chi connectivity index (χ4n) is 1.79. The van der Waals surface area contributed by atoms with Crippen molar-refractivity contribution in [3.05, 3.63) is 42.0 Å². The highest BCUT2D eigenvalue weighted by Gasteiger charge is 2.12. The zero-order valence-corrected chi connectivity index (χ0v) is 11.8. The summed E-state index contributed by atoms with van der Waals surface area (Å²) in [5.74, 6) is -0.897. The molecule has 5 nitrogen and oxygen atoms in total. The minimum absolute atomic E-state index is 0.0625. The van der Waals surface area contributed by atoms with Gasteiger partial charge in [0.15, 0.2) is 0 Å². The van der Waals surface area contributed by atoms with Gasteiger partial charge in [-0.25, -0.2) is 4.79 Å². The van der Waals surface area contributed by atoms with Crippen molar-refractivity contribution < 1.29 is 14.7 Å². The number of aliphatic carboxylic acids is 1. The van der Waals surface area contributed by atoms with Gasteiger partial charge >= 0.3 is 12.0 Å². The Balaban J connectivity index is 2.74. The van der Waals surface area contributed by atoms with Gasteiger partial charge < -0.3 is 15.3 Å². The van der Waals surface area contributed by atoms with Crippen LogP contribution in [0.1, 0.15) is 19.4 Å². The van der Waals surface area contributed by atoms with Crippen molar-refractivity contribution in [2.24, 2.45) is 0 Å². The summed E-state index contributed by atoms with van der Waals surface area (Å²) < 4.78 is 0. The van der Waals surface area contributed by atoms with Crippen molar-refractivity contribution in [2.45, 2.75) is 20.3 Å². The van der Waals surface area contributed by atoms with Gasteiger partial charge in [-0.05, 0) is 31.5 Å². The molecule has 108 valence electrons. The highest BCUT2D eigenvalue weighted by molar-refractivity contribution is 5.89. The highest BCUT2D eigenvalue weighted by Crippen LogP contribution is 2.12. The number of anilines is 1. The first-order chi connectivity index (χ1) is 9.42. The average Bonchev–Trinajstić information content (AvgIpc) is 2.35. The second kappa shape index (κ2) is 7.33. The lowest BCUT2D eigenvalue weighted by Crippen LogP contribution is -2.35. The van der Waals surface area contributed by atoms with Gasteiger partial charge in [0.05, 0.1) is 6.42 Å². The minimum atomic E-state index is -0.897. The second-order valence-electron chi connectivity index (χ2n) is 4.67. The van der Waals surface area contributed by atoms with Crippen LogP contribution in [0.5, 0.6) is 0 Å². The normalized spacial score (nSPS) is 9.90. The number of carboxylic acid groups (broad SMARTS) is 1. The molecule has 0 fully saturated rings. The van der Waals surface area contributed by atoms with E-state index in [0.29, 0.717) is 24.3 Å². The van der Waals surface area contributed by atoms with Crippen molar-refractivity contribution >= 4 is 17.7 Å². The largest absolute Gasteiger partial charge is 0.481 e. The number of carbonyl (C=O) groups is 2. The summed E-state index contributed by atoms with van der Waals surface area (Å²) in [6.07, 6.45) is -0.0625. The molecule has 2 amide bonds. The smallest absolute Gasteiger partial charge is 0.322 e. The number of carboxylic acids is 1. The molecule has 0 saturated heterocycles. The second-order valence-corrected chi connectivity index (χ2v) is 4.67. The topological polar surface area (TPSA) is 69.6 Å². The quantitative estimate of drug-likeness (QED) is 0.785. The van der Waals surface area contributed by atoms with Crippen LogP contribution in [-0.2, 0) is 11.2 Å². The Bertz CT molecular complexity index is 512. The summed E-state index contributed by atoms with van der Waals surface area (Å²) in [4.78, 5) is 24.4. The Morgan fingerprint density at radius 1 is 1.40 bits per heavy atom. The van der Waals surface area contributed by atoms with E-state index in [2.05, 4.69) is 11.9 Å². The zero-order valence-electron chi connectivity index (χ0n) is 11.8. The maximum absolute atomic E-state index is 12.1. The van der Waals surface area contributed by atoms with Gasteiger partial charge in [0.1, 0.15) is 0 Å². The lowest BCUT2D eigenvalue weighted by molar-refractivity contribution is -0.136. The summed E-state index contributed by atoms with van der Waals surface area (Å²) in [5.41, 5.74) is 2.15. The van der Waals surface area contributed by atoms with Crippen molar-refractivity contribution in [1.82, 2.24) is 4.90 Å². The number of likely N-dealkylation sites (N-methyl/N-ethyl adjacent to an activating group) is 1. The van der Waals surface area contributed by atoms with Crippen LogP contribution in [0.4, 0.5) is 10.5 Å². The number of hydrogen-bond donors (Lipinski definition) is 2. The number of rotatable bonds is 6. The number of nitrogens with one attached hydrogen (secondary N) is 1. The van der Waals surface area contributed by atoms with Crippen LogP contribution in [-0.4, -0.2) is 35.1 Å². The van der Waals surface area contributed by atoms with Crippen LogP contribution in [0.15, 0.2) is 36.4 Å². The molecule has 1 aromatic carbocycles. The van der Waals surface area contributed by atoms with Crippen LogP contribution < -0.4 is 5.32 Å². The molecule has 0 spiro atoms. The number of benzene rings is 1. The first-order valence-electron chi connectivity index (χ1n) is 6.43. The van der Waals surface area contributed by atoms with Crippen molar-refractivity contribution in [3.63, 3.8) is 0 Å². The Morgan fingerprint density at radius 3 is 2.65 bits per heavy atom. The van der Waals surface area contributed by atoms with E-state index in [9.17, 15) is 9.59 Å². The predicted octanol–water partition coefficient (Wildman–Crippen LogP) is 2.74. The average molecular weight is 276 g/mol. The maximum atomic E-state index is 12.1. The molecule has 2 N–H and O–H groups in total. The summed E-state index contributed by atoms with van der Waals surface area (Å²) in [6.45, 7) is 8.62. The summed E-state index contributed by atoms with van der Waals surface area (Å²) in [7, 11) is 0. The molecule has 0 aliphatic rings. The zero-order chi connectivity index (χ0) is 15.1. The van der Waals surface area contributed by atoms with Crippen LogP contribution in [0.3, 0.4) is 0 Å². The summed E-state index contributed by atoms with van der Waals surface area (Å²) in [6, 6.07) is 6.62. The molecule has 0 aromatic heterocycles. The molecule has 1 rings (SSSR count). The van der Waals surface area contributed by atoms with E-state index in [4.69, 9.17) is 5.11 Å². The first-order valence-corrected chi connectivity index (χ1v) is 6.43. The molecule has 0 unspecified atom stereocenters. The Morgan fingerprint density at radius 2 is 2.10 bits per heavy atom. The van der Waals surface area contributed by atoms with Crippen LogP contribution in [0, 0.1) is 0 Å². The van der Waals surface area contributed by atoms with Gasteiger partial charge in [-0.15, -0.1) is 0 Å². The number of urea groups is 1. The van der Waals surface area contributed by atoms with E-state index in [-0.39, 0.29) is 12.5 Å². The Kier molecular flexibility index (Phi) is 5.77. The fraction of sp³-hybridized carbons (Fsp3) is 0.333. The summed E-state index contributed by atoms with van der Waals surface area (Å²) >= 11 is 0. The van der Waals surface area contributed by atoms with Gasteiger partial charge in [-0.2, -0.15) is 0 Å². The number of nitrogens with zero attached hydrogens (tertiary/aromatic N) is 1. The van der Waals surface area contributed by atoms with Gasteiger partial charge in [0.2, 0.25) is 0 Å². The van der Waals surface area contributed by atoms with Gasteiger partial charge in [0.25, 0.3) is 0 Å². The van der Waals surface area contributed by atoms with E-state index in [1.165, 1.54) is 0 Å². The van der Waals surface area contributed by atoms with Crippen LogP contribution in [0.2, 0.25) is 0 Å². The highest BCUT2D eigenvalue weighted by atomic mass is 16.4. The monoisotopic (exact) mass is 276 g/mol. The van der Waals surface area contributed by atoms with Crippen LogP contribution >= 0.6 is 0 Å². The third kappa shape index (κ3) is 5.14. The van der Waals surface area contributed by atoms with E-state index >= 15 is 0 Å². The van der Waals surface area contributed by atoms with E-state index < -0.39 is 5.97 Å². The molecule has 0 radical (unpaired) electrons. The lowest BCUT2D eigenvalue weighted by atomic mass is 10.1. The molecular formula is C15H20N2O3. The first kappa shape index (κ1) is 15.8. The van der Waals surface area contributed by atoms with Crippen molar-refractivity contribution in [2.75, 3.05) is 18.4 Å². The molecule has 20 heavy (non-hydrogen) atoms. The molecule has 5 heteroatoms. The predicted molar refractivity (Wildman–Crippen MR) is 78.9 cm³/mol. The van der Waals surface area contributed by atoms with E-state index in [1.54, 1.807) is 29.2 Å².